The number of rotatable bonds is 4. The van der Waals surface area contributed by atoms with Gasteiger partial charge in [-0.1, -0.05) is 38.5 Å². The molecular weight excluding hydrogens is 220 g/mol. The van der Waals surface area contributed by atoms with Crippen molar-refractivity contribution in [2.45, 2.75) is 75.8 Å². The maximum atomic E-state index is 3.72. The smallest absolute Gasteiger partial charge is 0.0359 e. The van der Waals surface area contributed by atoms with Crippen LogP contribution < -0.4 is 5.32 Å². The minimum absolute atomic E-state index is 0.417. The molecule has 0 bridgehead atoms. The summed E-state index contributed by atoms with van der Waals surface area (Å²) >= 11 is 0. The van der Waals surface area contributed by atoms with E-state index in [0.29, 0.717) is 11.6 Å². The van der Waals surface area contributed by atoms with Gasteiger partial charge in [-0.3, -0.25) is 0 Å². The van der Waals surface area contributed by atoms with Crippen LogP contribution in [0.4, 0.5) is 0 Å². The van der Waals surface area contributed by atoms with Gasteiger partial charge < -0.3 is 10.2 Å². The Morgan fingerprint density at radius 1 is 0.944 bits per heavy atom. The molecule has 2 aliphatic carbocycles. The van der Waals surface area contributed by atoms with Crippen LogP contribution in [0.15, 0.2) is 0 Å². The molecule has 2 saturated carbocycles. The Kier molecular flexibility index (Phi) is 5.08. The van der Waals surface area contributed by atoms with Crippen LogP contribution in [0.2, 0.25) is 0 Å². The lowest BCUT2D eigenvalue weighted by molar-refractivity contribution is 0.0570. The van der Waals surface area contributed by atoms with Gasteiger partial charge in [0.15, 0.2) is 0 Å². The van der Waals surface area contributed by atoms with E-state index in [0.717, 1.165) is 5.92 Å². The van der Waals surface area contributed by atoms with E-state index in [-0.39, 0.29) is 0 Å². The normalized spacial score (nSPS) is 27.3. The van der Waals surface area contributed by atoms with Crippen molar-refractivity contribution < 1.29 is 0 Å². The first-order valence-corrected chi connectivity index (χ1v) is 8.05. The first-order valence-electron chi connectivity index (χ1n) is 8.05. The zero-order valence-corrected chi connectivity index (χ0v) is 12.7. The van der Waals surface area contributed by atoms with Crippen LogP contribution in [-0.2, 0) is 0 Å². The molecule has 2 rings (SSSR count). The lowest BCUT2D eigenvalue weighted by atomic mass is 9.75. The van der Waals surface area contributed by atoms with E-state index < -0.39 is 0 Å². The summed E-state index contributed by atoms with van der Waals surface area (Å²) in [6.45, 7) is 0. The van der Waals surface area contributed by atoms with Gasteiger partial charge in [0.2, 0.25) is 0 Å². The second-order valence-corrected chi connectivity index (χ2v) is 6.72. The third kappa shape index (κ3) is 2.75. The maximum absolute atomic E-state index is 3.72. The third-order valence-corrected chi connectivity index (χ3v) is 5.62. The van der Waals surface area contributed by atoms with Crippen molar-refractivity contribution in [2.75, 3.05) is 21.1 Å². The van der Waals surface area contributed by atoms with Crippen molar-refractivity contribution >= 4 is 0 Å². The fraction of sp³-hybridized carbons (Fsp3) is 1.00. The topological polar surface area (TPSA) is 15.3 Å². The Labute approximate surface area is 114 Å². The minimum atomic E-state index is 0.417. The van der Waals surface area contributed by atoms with Crippen LogP contribution >= 0.6 is 0 Å². The average molecular weight is 252 g/mol. The summed E-state index contributed by atoms with van der Waals surface area (Å²) in [6.07, 6.45) is 14.3. The zero-order valence-electron chi connectivity index (χ0n) is 12.7. The van der Waals surface area contributed by atoms with Gasteiger partial charge in [-0.15, -0.1) is 0 Å². The minimum Gasteiger partial charge on any atom is -0.315 e. The summed E-state index contributed by atoms with van der Waals surface area (Å²) < 4.78 is 0. The Hall–Kier alpha value is -0.0800. The maximum Gasteiger partial charge on any atom is 0.0359 e. The van der Waals surface area contributed by atoms with Gasteiger partial charge in [0.05, 0.1) is 0 Å². The Morgan fingerprint density at radius 2 is 1.50 bits per heavy atom. The fourth-order valence-corrected chi connectivity index (χ4v) is 4.61. The van der Waals surface area contributed by atoms with Crippen molar-refractivity contribution in [3.05, 3.63) is 0 Å². The summed E-state index contributed by atoms with van der Waals surface area (Å²) in [5.41, 5.74) is 0.417. The molecule has 2 heteroatoms. The lowest BCUT2D eigenvalue weighted by Gasteiger charge is -2.48. The molecule has 0 amide bonds. The molecule has 0 aromatic heterocycles. The van der Waals surface area contributed by atoms with E-state index in [1.54, 1.807) is 0 Å². The number of hydrogen-bond acceptors (Lipinski definition) is 2. The van der Waals surface area contributed by atoms with Crippen molar-refractivity contribution in [2.24, 2.45) is 5.92 Å². The predicted molar refractivity (Wildman–Crippen MR) is 78.9 cm³/mol. The summed E-state index contributed by atoms with van der Waals surface area (Å²) in [7, 11) is 6.81. The van der Waals surface area contributed by atoms with E-state index in [1.807, 2.05) is 0 Å². The van der Waals surface area contributed by atoms with Crippen molar-refractivity contribution in [3.63, 3.8) is 0 Å². The van der Waals surface area contributed by atoms with Crippen LogP contribution in [0.1, 0.15) is 64.2 Å². The second kappa shape index (κ2) is 6.38. The fourth-order valence-electron chi connectivity index (χ4n) is 4.61. The molecule has 2 aliphatic rings. The molecule has 106 valence electrons. The van der Waals surface area contributed by atoms with Gasteiger partial charge in [-0.2, -0.15) is 0 Å². The van der Waals surface area contributed by atoms with Crippen LogP contribution in [-0.4, -0.2) is 37.6 Å². The van der Waals surface area contributed by atoms with E-state index in [2.05, 4.69) is 31.4 Å². The summed E-state index contributed by atoms with van der Waals surface area (Å²) in [5.74, 6) is 0.912. The summed E-state index contributed by atoms with van der Waals surface area (Å²) in [5, 5.41) is 3.72. The quantitative estimate of drug-likeness (QED) is 0.771. The average Bonchev–Trinajstić information content (AvgIpc) is 2.75. The van der Waals surface area contributed by atoms with Crippen molar-refractivity contribution in [3.8, 4) is 0 Å². The van der Waals surface area contributed by atoms with Crippen molar-refractivity contribution in [1.82, 2.24) is 10.2 Å². The number of nitrogens with one attached hydrogen (secondary N) is 1. The monoisotopic (exact) mass is 252 g/mol. The molecule has 18 heavy (non-hydrogen) atoms. The highest BCUT2D eigenvalue weighted by molar-refractivity contribution is 5.02. The molecule has 0 aromatic rings. The molecule has 0 radical (unpaired) electrons. The molecular formula is C16H32N2. The van der Waals surface area contributed by atoms with Crippen LogP contribution in [0, 0.1) is 5.92 Å². The summed E-state index contributed by atoms with van der Waals surface area (Å²) in [6, 6.07) is 0.702. The first-order chi connectivity index (χ1) is 8.70. The first kappa shape index (κ1) is 14.3. The van der Waals surface area contributed by atoms with E-state index in [4.69, 9.17) is 0 Å². The molecule has 0 saturated heterocycles. The third-order valence-electron chi connectivity index (χ3n) is 5.62. The summed E-state index contributed by atoms with van der Waals surface area (Å²) in [4.78, 5) is 2.55. The molecule has 1 unspecified atom stereocenters. The van der Waals surface area contributed by atoms with Gasteiger partial charge in [0.25, 0.3) is 0 Å². The number of nitrogens with zero attached hydrogens (tertiary/aromatic N) is 1. The predicted octanol–water partition coefficient (Wildman–Crippen LogP) is 3.42. The molecule has 1 atom stereocenters. The molecule has 0 heterocycles. The van der Waals surface area contributed by atoms with E-state index in [9.17, 15) is 0 Å². The zero-order chi connectivity index (χ0) is 13.0. The molecule has 1 N–H and O–H groups in total. The standard InChI is InChI=1S/C16H32N2/c1-17-15(14-10-6-7-11-14)16(18(2)3)12-8-4-5-9-13-16/h14-15,17H,4-13H2,1-3H3. The highest BCUT2D eigenvalue weighted by Gasteiger charge is 2.44. The van der Waals surface area contributed by atoms with Gasteiger partial charge >= 0.3 is 0 Å². The molecule has 2 nitrogen and oxygen atoms in total. The highest BCUT2D eigenvalue weighted by atomic mass is 15.2. The Balaban J connectivity index is 2.19. The number of likely N-dealkylation sites (N-methyl/N-ethyl adjacent to an activating group) is 2. The molecule has 0 spiro atoms. The van der Waals surface area contributed by atoms with E-state index in [1.165, 1.54) is 64.2 Å². The lowest BCUT2D eigenvalue weighted by Crippen LogP contribution is -2.60. The molecule has 0 aliphatic heterocycles. The largest absolute Gasteiger partial charge is 0.315 e. The Morgan fingerprint density at radius 3 is 1.94 bits per heavy atom. The van der Waals surface area contributed by atoms with Gasteiger partial charge in [0.1, 0.15) is 0 Å². The number of hydrogen-bond donors (Lipinski definition) is 1. The molecule has 2 fully saturated rings. The van der Waals surface area contributed by atoms with Crippen LogP contribution in [0.3, 0.4) is 0 Å². The van der Waals surface area contributed by atoms with Gasteiger partial charge in [-0.05, 0) is 52.7 Å². The molecule has 0 aromatic carbocycles. The van der Waals surface area contributed by atoms with E-state index >= 15 is 0 Å². The Bertz CT molecular complexity index is 235. The van der Waals surface area contributed by atoms with Crippen LogP contribution in [0.5, 0.6) is 0 Å². The van der Waals surface area contributed by atoms with Gasteiger partial charge in [-0.25, -0.2) is 0 Å². The van der Waals surface area contributed by atoms with Crippen LogP contribution in [0.25, 0.3) is 0 Å². The van der Waals surface area contributed by atoms with Crippen molar-refractivity contribution in [1.29, 1.82) is 0 Å². The highest BCUT2D eigenvalue weighted by Crippen LogP contribution is 2.41. The SMILES string of the molecule is CNC(C1CCCC1)C1(N(C)C)CCCCCC1. The van der Waals surface area contributed by atoms with Gasteiger partial charge in [0, 0.05) is 11.6 Å². The second-order valence-electron chi connectivity index (χ2n) is 6.72.